The first-order chi connectivity index (χ1) is 10.4. The van der Waals surface area contributed by atoms with E-state index in [1.54, 1.807) is 14.0 Å². The molecule has 1 aliphatic heterocycles. The van der Waals surface area contributed by atoms with Crippen molar-refractivity contribution in [1.29, 1.82) is 0 Å². The fraction of sp³-hybridized carbons (Fsp3) is 0.632. The molecule has 3 nitrogen and oxygen atoms in total. The minimum Gasteiger partial charge on any atom is -0.495 e. The summed E-state index contributed by atoms with van der Waals surface area (Å²) in [5.41, 5.74) is 2.32. The molecule has 0 radical (unpaired) electrons. The van der Waals surface area contributed by atoms with Gasteiger partial charge in [-0.05, 0) is 41.7 Å². The highest BCUT2D eigenvalue weighted by Crippen LogP contribution is 2.54. The van der Waals surface area contributed by atoms with E-state index >= 15 is 0 Å². The van der Waals surface area contributed by atoms with Crippen molar-refractivity contribution in [2.24, 2.45) is 11.8 Å². The van der Waals surface area contributed by atoms with Crippen LogP contribution in [0.2, 0.25) is 0 Å². The van der Waals surface area contributed by atoms with E-state index in [-0.39, 0.29) is 11.3 Å². The number of benzene rings is 1. The van der Waals surface area contributed by atoms with Crippen LogP contribution in [0.3, 0.4) is 0 Å². The number of rotatable bonds is 1. The van der Waals surface area contributed by atoms with Crippen molar-refractivity contribution in [1.82, 2.24) is 0 Å². The topological polar surface area (TPSA) is 29.5 Å². The highest BCUT2D eigenvalue weighted by Gasteiger charge is 2.49. The van der Waals surface area contributed by atoms with Gasteiger partial charge >= 0.3 is 0 Å². The van der Waals surface area contributed by atoms with Gasteiger partial charge in [0.05, 0.1) is 12.8 Å². The quantitative estimate of drug-likeness (QED) is 0.780. The standard InChI is InChI=1S/C19H27NO2/c1-12-9-10-14-16(11-12)20(13(2)21)18-15(19(14,3)4)7-6-8-17(18)22-5/h6-8,12,14,16H,9-11H2,1-5H3. The van der Waals surface area contributed by atoms with Crippen LogP contribution in [0.15, 0.2) is 18.2 Å². The van der Waals surface area contributed by atoms with Crippen LogP contribution < -0.4 is 9.64 Å². The average Bonchev–Trinajstić information content (AvgIpc) is 2.46. The maximum atomic E-state index is 12.5. The zero-order chi connectivity index (χ0) is 16.1. The SMILES string of the molecule is COc1cccc2c1N(C(C)=O)C1CC(C)CCC1C2(C)C. The van der Waals surface area contributed by atoms with Gasteiger partial charge in [-0.3, -0.25) is 4.79 Å². The van der Waals surface area contributed by atoms with Crippen LogP contribution in [0.5, 0.6) is 5.75 Å². The van der Waals surface area contributed by atoms with Crippen molar-refractivity contribution in [2.75, 3.05) is 12.0 Å². The predicted octanol–water partition coefficient (Wildman–Crippen LogP) is 4.14. The van der Waals surface area contributed by atoms with Gasteiger partial charge in [0.1, 0.15) is 5.75 Å². The molecule has 2 aliphatic rings. The van der Waals surface area contributed by atoms with E-state index in [0.29, 0.717) is 17.9 Å². The normalized spacial score (nSPS) is 29.5. The Hall–Kier alpha value is -1.51. The Morgan fingerprint density at radius 1 is 1.32 bits per heavy atom. The molecule has 0 bridgehead atoms. The molecule has 1 aliphatic carbocycles. The van der Waals surface area contributed by atoms with Crippen LogP contribution in [0, 0.1) is 11.8 Å². The number of para-hydroxylation sites is 1. The lowest BCUT2D eigenvalue weighted by molar-refractivity contribution is -0.118. The lowest BCUT2D eigenvalue weighted by atomic mass is 9.60. The fourth-order valence-electron chi connectivity index (χ4n) is 4.69. The predicted molar refractivity (Wildman–Crippen MR) is 89.5 cm³/mol. The molecule has 3 atom stereocenters. The molecule has 0 spiro atoms. The Morgan fingerprint density at radius 2 is 2.05 bits per heavy atom. The molecule has 3 unspecified atom stereocenters. The van der Waals surface area contributed by atoms with Gasteiger partial charge in [-0.25, -0.2) is 0 Å². The summed E-state index contributed by atoms with van der Waals surface area (Å²) in [5, 5.41) is 0. The Labute approximate surface area is 133 Å². The number of hydrogen-bond acceptors (Lipinski definition) is 2. The van der Waals surface area contributed by atoms with Crippen molar-refractivity contribution >= 4 is 11.6 Å². The van der Waals surface area contributed by atoms with Crippen molar-refractivity contribution in [3.63, 3.8) is 0 Å². The van der Waals surface area contributed by atoms with Crippen LogP contribution in [0.1, 0.15) is 52.5 Å². The molecule has 0 saturated heterocycles. The number of methoxy groups -OCH3 is 1. The third-order valence-electron chi connectivity index (χ3n) is 5.83. The summed E-state index contributed by atoms with van der Waals surface area (Å²) >= 11 is 0. The van der Waals surface area contributed by atoms with E-state index < -0.39 is 0 Å². The molecule has 3 rings (SSSR count). The van der Waals surface area contributed by atoms with E-state index in [0.717, 1.165) is 17.9 Å². The van der Waals surface area contributed by atoms with E-state index in [4.69, 9.17) is 4.74 Å². The molecule has 1 aromatic carbocycles. The maximum absolute atomic E-state index is 12.5. The summed E-state index contributed by atoms with van der Waals surface area (Å²) in [4.78, 5) is 14.5. The molecule has 1 heterocycles. The van der Waals surface area contributed by atoms with Crippen LogP contribution in [0.4, 0.5) is 5.69 Å². The summed E-state index contributed by atoms with van der Waals surface area (Å²) in [6.07, 6.45) is 3.54. The second-order valence-corrected chi connectivity index (χ2v) is 7.56. The van der Waals surface area contributed by atoms with Gasteiger partial charge in [-0.2, -0.15) is 0 Å². The lowest BCUT2D eigenvalue weighted by Crippen LogP contribution is -2.56. The summed E-state index contributed by atoms with van der Waals surface area (Å²) < 4.78 is 5.60. The summed E-state index contributed by atoms with van der Waals surface area (Å²) in [7, 11) is 1.69. The molecule has 1 amide bonds. The highest BCUT2D eigenvalue weighted by atomic mass is 16.5. The first-order valence-electron chi connectivity index (χ1n) is 8.35. The Morgan fingerprint density at radius 3 is 2.68 bits per heavy atom. The molecule has 120 valence electrons. The lowest BCUT2D eigenvalue weighted by Gasteiger charge is -2.54. The summed E-state index contributed by atoms with van der Waals surface area (Å²) in [6, 6.07) is 6.48. The molecule has 3 heteroatoms. The van der Waals surface area contributed by atoms with Crippen molar-refractivity contribution in [3.05, 3.63) is 23.8 Å². The van der Waals surface area contributed by atoms with Crippen molar-refractivity contribution in [3.8, 4) is 5.75 Å². The molecular formula is C19H27NO2. The zero-order valence-electron chi connectivity index (χ0n) is 14.3. The monoisotopic (exact) mass is 301 g/mol. The van der Waals surface area contributed by atoms with E-state index in [9.17, 15) is 4.79 Å². The molecule has 1 fully saturated rings. The fourth-order valence-corrected chi connectivity index (χ4v) is 4.69. The van der Waals surface area contributed by atoms with Gasteiger partial charge in [-0.15, -0.1) is 0 Å². The first-order valence-corrected chi connectivity index (χ1v) is 8.35. The number of carbonyl (C=O) groups is 1. The molecule has 0 aromatic heterocycles. The largest absolute Gasteiger partial charge is 0.495 e. The number of amides is 1. The minimum absolute atomic E-state index is 0.0701. The zero-order valence-corrected chi connectivity index (χ0v) is 14.3. The molecular weight excluding hydrogens is 274 g/mol. The van der Waals surface area contributed by atoms with E-state index in [2.05, 4.69) is 26.8 Å². The van der Waals surface area contributed by atoms with Gasteiger partial charge in [0.15, 0.2) is 0 Å². The molecule has 1 aromatic rings. The second kappa shape index (κ2) is 5.29. The van der Waals surface area contributed by atoms with Crippen LogP contribution >= 0.6 is 0 Å². The third-order valence-corrected chi connectivity index (χ3v) is 5.83. The number of carbonyl (C=O) groups excluding carboxylic acids is 1. The summed E-state index contributed by atoms with van der Waals surface area (Å²) in [5.74, 6) is 2.14. The second-order valence-electron chi connectivity index (χ2n) is 7.56. The number of fused-ring (bicyclic) bond motifs is 2. The summed E-state index contributed by atoms with van der Waals surface area (Å²) in [6.45, 7) is 8.65. The molecule has 1 saturated carbocycles. The Bertz CT molecular complexity index is 593. The van der Waals surface area contributed by atoms with Crippen LogP contribution in [-0.2, 0) is 10.2 Å². The Balaban J connectivity index is 2.23. The third kappa shape index (κ3) is 2.13. The average molecular weight is 301 g/mol. The Kier molecular flexibility index (Phi) is 3.70. The van der Waals surface area contributed by atoms with Crippen LogP contribution in [0.25, 0.3) is 0 Å². The minimum atomic E-state index is 0.0701. The number of hydrogen-bond donors (Lipinski definition) is 0. The van der Waals surface area contributed by atoms with E-state index in [1.807, 2.05) is 17.0 Å². The van der Waals surface area contributed by atoms with Crippen molar-refractivity contribution < 1.29 is 9.53 Å². The van der Waals surface area contributed by atoms with Gasteiger partial charge in [0.25, 0.3) is 0 Å². The number of nitrogens with zero attached hydrogens (tertiary/aromatic N) is 1. The van der Waals surface area contributed by atoms with Gasteiger partial charge < -0.3 is 9.64 Å². The van der Waals surface area contributed by atoms with E-state index in [1.165, 1.54) is 18.4 Å². The highest BCUT2D eigenvalue weighted by molar-refractivity contribution is 5.96. The molecule has 0 N–H and O–H groups in total. The smallest absolute Gasteiger partial charge is 0.224 e. The van der Waals surface area contributed by atoms with Crippen molar-refractivity contribution in [2.45, 2.75) is 58.4 Å². The van der Waals surface area contributed by atoms with Crippen LogP contribution in [-0.4, -0.2) is 19.1 Å². The first kappa shape index (κ1) is 15.4. The van der Waals surface area contributed by atoms with Gasteiger partial charge in [0.2, 0.25) is 5.91 Å². The maximum Gasteiger partial charge on any atom is 0.224 e. The van der Waals surface area contributed by atoms with Gasteiger partial charge in [0, 0.05) is 13.0 Å². The van der Waals surface area contributed by atoms with Gasteiger partial charge in [-0.1, -0.05) is 39.3 Å². The number of anilines is 1. The molecule has 22 heavy (non-hydrogen) atoms. The number of ether oxygens (including phenoxy) is 1.